The minimum atomic E-state index is -0.729. The van der Waals surface area contributed by atoms with Crippen LogP contribution in [0.2, 0.25) is 0 Å². The topological polar surface area (TPSA) is 67.4 Å². The average Bonchev–Trinajstić information content (AvgIpc) is 2.37. The molecule has 0 bridgehead atoms. The van der Waals surface area contributed by atoms with Crippen LogP contribution in [0.25, 0.3) is 0 Å². The van der Waals surface area contributed by atoms with Crippen LogP contribution in [0.15, 0.2) is 24.3 Å². The van der Waals surface area contributed by atoms with Crippen molar-refractivity contribution in [2.24, 2.45) is 0 Å². The lowest BCUT2D eigenvalue weighted by Gasteiger charge is -2.12. The molecule has 104 valence electrons. The van der Waals surface area contributed by atoms with E-state index in [0.717, 1.165) is 0 Å². The van der Waals surface area contributed by atoms with Crippen molar-refractivity contribution in [2.75, 3.05) is 13.7 Å². The number of hydrogen-bond donors (Lipinski definition) is 2. The number of benzene rings is 1. The molecule has 2 N–H and O–H groups in total. The predicted octanol–water partition coefficient (Wildman–Crippen LogP) is 0.593. The van der Waals surface area contributed by atoms with Crippen LogP contribution in [-0.4, -0.2) is 31.6 Å². The first-order valence-corrected chi connectivity index (χ1v) is 5.85. The molecule has 0 fully saturated rings. The van der Waals surface area contributed by atoms with Gasteiger partial charge in [-0.3, -0.25) is 9.59 Å². The van der Waals surface area contributed by atoms with Gasteiger partial charge in [-0.1, -0.05) is 12.1 Å². The number of carbonyl (C=O) groups excluding carboxylic acids is 2. The van der Waals surface area contributed by atoms with Crippen molar-refractivity contribution in [3.8, 4) is 0 Å². The second-order valence-corrected chi connectivity index (χ2v) is 4.14. The third-order valence-corrected chi connectivity index (χ3v) is 2.37. The number of halogens is 1. The van der Waals surface area contributed by atoms with Crippen LogP contribution in [0.5, 0.6) is 0 Å². The van der Waals surface area contributed by atoms with Gasteiger partial charge in [-0.25, -0.2) is 4.39 Å². The number of methoxy groups -OCH3 is 1. The zero-order valence-electron chi connectivity index (χ0n) is 10.9. The summed E-state index contributed by atoms with van der Waals surface area (Å²) in [6.45, 7) is 2.23. The van der Waals surface area contributed by atoms with Gasteiger partial charge in [-0.2, -0.15) is 0 Å². The Bertz CT molecular complexity index is 434. The fraction of sp³-hybridized carbons (Fsp3) is 0.385. The Balaban J connectivity index is 2.38. The lowest BCUT2D eigenvalue weighted by atomic mass is 10.2. The van der Waals surface area contributed by atoms with E-state index in [2.05, 4.69) is 10.6 Å². The number of amides is 2. The minimum Gasteiger partial charge on any atom is -0.383 e. The molecule has 6 heteroatoms. The highest BCUT2D eigenvalue weighted by molar-refractivity contribution is 6.35. The molecule has 1 unspecified atom stereocenters. The number of hydrogen-bond acceptors (Lipinski definition) is 3. The summed E-state index contributed by atoms with van der Waals surface area (Å²) in [6, 6.07) is 5.43. The lowest BCUT2D eigenvalue weighted by Crippen LogP contribution is -2.44. The highest BCUT2D eigenvalue weighted by Crippen LogP contribution is 2.01. The molecule has 0 aliphatic carbocycles. The van der Waals surface area contributed by atoms with Crippen LogP contribution in [0, 0.1) is 5.82 Å². The van der Waals surface area contributed by atoms with Gasteiger partial charge in [0.1, 0.15) is 5.82 Å². The molecule has 1 aromatic carbocycles. The van der Waals surface area contributed by atoms with Gasteiger partial charge in [0.2, 0.25) is 0 Å². The Morgan fingerprint density at radius 2 is 1.89 bits per heavy atom. The molecule has 1 atom stereocenters. The first-order valence-electron chi connectivity index (χ1n) is 5.85. The average molecular weight is 268 g/mol. The summed E-state index contributed by atoms with van der Waals surface area (Å²) in [6.07, 6.45) is 0. The molecule has 0 spiro atoms. The molecule has 0 aromatic heterocycles. The molecule has 0 aliphatic rings. The van der Waals surface area contributed by atoms with Crippen molar-refractivity contribution < 1.29 is 18.7 Å². The van der Waals surface area contributed by atoms with E-state index in [1.807, 2.05) is 0 Å². The fourth-order valence-electron chi connectivity index (χ4n) is 1.45. The maximum atomic E-state index is 12.7. The third-order valence-electron chi connectivity index (χ3n) is 2.37. The summed E-state index contributed by atoms with van der Waals surface area (Å²) in [4.78, 5) is 22.9. The molecule has 19 heavy (non-hydrogen) atoms. The molecule has 1 rings (SSSR count). The fourth-order valence-corrected chi connectivity index (χ4v) is 1.45. The van der Waals surface area contributed by atoms with E-state index in [4.69, 9.17) is 4.74 Å². The maximum Gasteiger partial charge on any atom is 0.309 e. The zero-order chi connectivity index (χ0) is 14.3. The Kier molecular flexibility index (Phi) is 5.95. The van der Waals surface area contributed by atoms with Gasteiger partial charge in [0.25, 0.3) is 0 Å². The molecule has 1 aromatic rings. The first kappa shape index (κ1) is 15.1. The van der Waals surface area contributed by atoms with E-state index in [0.29, 0.717) is 12.2 Å². The number of nitrogens with one attached hydrogen (secondary N) is 2. The number of rotatable bonds is 5. The third kappa shape index (κ3) is 5.48. The van der Waals surface area contributed by atoms with Gasteiger partial charge in [0.15, 0.2) is 0 Å². The van der Waals surface area contributed by atoms with Gasteiger partial charge >= 0.3 is 11.8 Å². The second-order valence-electron chi connectivity index (χ2n) is 4.14. The van der Waals surface area contributed by atoms with Crippen LogP contribution >= 0.6 is 0 Å². The smallest absolute Gasteiger partial charge is 0.309 e. The van der Waals surface area contributed by atoms with E-state index < -0.39 is 11.8 Å². The summed E-state index contributed by atoms with van der Waals surface area (Å²) in [5.41, 5.74) is 0.715. The highest BCUT2D eigenvalue weighted by Gasteiger charge is 2.15. The standard InChI is InChI=1S/C13H17FN2O3/c1-9(8-19-2)16-13(18)12(17)15-7-10-3-5-11(14)6-4-10/h3-6,9H,7-8H2,1-2H3,(H,15,17)(H,16,18). The summed E-state index contributed by atoms with van der Waals surface area (Å²) in [5.74, 6) is -1.79. The van der Waals surface area contributed by atoms with Gasteiger partial charge < -0.3 is 15.4 Å². The molecular weight excluding hydrogens is 251 g/mol. The summed E-state index contributed by atoms with van der Waals surface area (Å²) >= 11 is 0. The van der Waals surface area contributed by atoms with Crippen molar-refractivity contribution in [2.45, 2.75) is 19.5 Å². The molecule has 0 heterocycles. The van der Waals surface area contributed by atoms with Crippen LogP contribution in [-0.2, 0) is 20.9 Å². The molecule has 0 aliphatic heterocycles. The van der Waals surface area contributed by atoms with Crippen molar-refractivity contribution in [1.82, 2.24) is 10.6 Å². The van der Waals surface area contributed by atoms with E-state index in [9.17, 15) is 14.0 Å². The second kappa shape index (κ2) is 7.48. The molecule has 5 nitrogen and oxygen atoms in total. The number of ether oxygens (including phenoxy) is 1. The maximum absolute atomic E-state index is 12.7. The van der Waals surface area contributed by atoms with Crippen molar-refractivity contribution in [3.63, 3.8) is 0 Å². The summed E-state index contributed by atoms with van der Waals surface area (Å²) in [5, 5.41) is 4.94. The highest BCUT2D eigenvalue weighted by atomic mass is 19.1. The Morgan fingerprint density at radius 3 is 2.47 bits per heavy atom. The normalized spacial score (nSPS) is 11.7. The van der Waals surface area contributed by atoms with Gasteiger partial charge in [0.05, 0.1) is 6.61 Å². The first-order chi connectivity index (χ1) is 9.02. The molecule has 0 saturated carbocycles. The largest absolute Gasteiger partial charge is 0.383 e. The summed E-state index contributed by atoms with van der Waals surface area (Å²) in [7, 11) is 1.51. The van der Waals surface area contributed by atoms with Gasteiger partial charge in [-0.15, -0.1) is 0 Å². The molecule has 2 amide bonds. The van der Waals surface area contributed by atoms with Crippen molar-refractivity contribution >= 4 is 11.8 Å². The SMILES string of the molecule is COCC(C)NC(=O)C(=O)NCc1ccc(F)cc1. The van der Waals surface area contributed by atoms with Crippen LogP contribution < -0.4 is 10.6 Å². The Hall–Kier alpha value is -1.95. The number of carbonyl (C=O) groups is 2. The van der Waals surface area contributed by atoms with E-state index in [-0.39, 0.29) is 18.4 Å². The zero-order valence-corrected chi connectivity index (χ0v) is 10.9. The summed E-state index contributed by atoms with van der Waals surface area (Å²) < 4.78 is 17.5. The molecular formula is C13H17FN2O3. The predicted molar refractivity (Wildman–Crippen MR) is 67.7 cm³/mol. The van der Waals surface area contributed by atoms with E-state index >= 15 is 0 Å². The van der Waals surface area contributed by atoms with Crippen LogP contribution in [0.4, 0.5) is 4.39 Å². The molecule has 0 radical (unpaired) electrons. The van der Waals surface area contributed by atoms with E-state index in [1.165, 1.54) is 19.2 Å². The Morgan fingerprint density at radius 1 is 1.26 bits per heavy atom. The van der Waals surface area contributed by atoms with Crippen LogP contribution in [0.3, 0.4) is 0 Å². The van der Waals surface area contributed by atoms with E-state index in [1.54, 1.807) is 19.1 Å². The van der Waals surface area contributed by atoms with Crippen molar-refractivity contribution in [1.29, 1.82) is 0 Å². The van der Waals surface area contributed by atoms with Gasteiger partial charge in [0, 0.05) is 19.7 Å². The molecule has 0 saturated heterocycles. The van der Waals surface area contributed by atoms with Crippen LogP contribution in [0.1, 0.15) is 12.5 Å². The van der Waals surface area contributed by atoms with Crippen molar-refractivity contribution in [3.05, 3.63) is 35.6 Å². The van der Waals surface area contributed by atoms with Gasteiger partial charge in [-0.05, 0) is 24.6 Å². The minimum absolute atomic E-state index is 0.172. The Labute approximate surface area is 111 Å². The lowest BCUT2D eigenvalue weighted by molar-refractivity contribution is -0.139. The quantitative estimate of drug-likeness (QED) is 0.768. The monoisotopic (exact) mass is 268 g/mol.